The number of halogens is 1. The van der Waals surface area contributed by atoms with E-state index in [4.69, 9.17) is 0 Å². The summed E-state index contributed by atoms with van der Waals surface area (Å²) < 4.78 is 16.7. The molecule has 1 aromatic carbocycles. The number of benzene rings is 1. The van der Waals surface area contributed by atoms with E-state index in [0.717, 1.165) is 32.4 Å². The van der Waals surface area contributed by atoms with Gasteiger partial charge in [-0.15, -0.1) is 0 Å². The molecule has 0 spiro atoms. The highest BCUT2D eigenvalue weighted by molar-refractivity contribution is 5.93. The van der Waals surface area contributed by atoms with Crippen molar-refractivity contribution in [1.29, 1.82) is 0 Å². The van der Waals surface area contributed by atoms with E-state index in [1.165, 1.54) is 12.3 Å². The number of fused-ring (bicyclic) bond motifs is 1. The predicted octanol–water partition coefficient (Wildman–Crippen LogP) is 2.61. The Balaban J connectivity index is 1.82. The first-order valence-corrected chi connectivity index (χ1v) is 9.44. The third kappa shape index (κ3) is 3.10. The Morgan fingerprint density at radius 2 is 2.07 bits per heavy atom. The largest absolute Gasteiger partial charge is 0.477 e. The van der Waals surface area contributed by atoms with Crippen LogP contribution >= 0.6 is 0 Å². The van der Waals surface area contributed by atoms with E-state index in [-0.39, 0.29) is 17.0 Å². The predicted molar refractivity (Wildman–Crippen MR) is 102 cm³/mol. The van der Waals surface area contributed by atoms with Crippen molar-refractivity contribution in [3.63, 3.8) is 0 Å². The first kappa shape index (κ1) is 18.0. The first-order valence-electron chi connectivity index (χ1n) is 9.44. The minimum Gasteiger partial charge on any atom is -0.477 e. The molecule has 2 aliphatic rings. The van der Waals surface area contributed by atoms with E-state index >= 15 is 0 Å². The number of aromatic carboxylic acids is 1. The number of hydrogen-bond acceptors (Lipinski definition) is 4. The molecule has 2 atom stereocenters. The van der Waals surface area contributed by atoms with Crippen molar-refractivity contribution in [3.05, 3.63) is 39.9 Å². The zero-order valence-corrected chi connectivity index (χ0v) is 15.5. The van der Waals surface area contributed by atoms with Crippen LogP contribution in [-0.4, -0.2) is 41.8 Å². The van der Waals surface area contributed by atoms with Gasteiger partial charge in [0.15, 0.2) is 0 Å². The fourth-order valence-corrected chi connectivity index (χ4v) is 4.06. The van der Waals surface area contributed by atoms with Gasteiger partial charge < -0.3 is 19.9 Å². The van der Waals surface area contributed by atoms with Crippen molar-refractivity contribution in [2.24, 2.45) is 5.92 Å². The van der Waals surface area contributed by atoms with E-state index in [1.54, 1.807) is 6.07 Å². The molecule has 1 aliphatic carbocycles. The van der Waals surface area contributed by atoms with Crippen LogP contribution in [0.15, 0.2) is 23.1 Å². The molecule has 1 aromatic heterocycles. The second-order valence-corrected chi connectivity index (χ2v) is 7.71. The third-order valence-electron chi connectivity index (χ3n) is 6.00. The molecule has 4 rings (SSSR count). The summed E-state index contributed by atoms with van der Waals surface area (Å²) in [7, 11) is 1.93. The van der Waals surface area contributed by atoms with Crippen LogP contribution in [0.4, 0.5) is 10.1 Å². The van der Waals surface area contributed by atoms with Gasteiger partial charge in [0.2, 0.25) is 5.43 Å². The quantitative estimate of drug-likeness (QED) is 0.843. The lowest BCUT2D eigenvalue weighted by Crippen LogP contribution is -2.32. The van der Waals surface area contributed by atoms with Gasteiger partial charge in [0.1, 0.15) is 11.4 Å². The number of carboxylic acid groups (broad SMARTS) is 1. The van der Waals surface area contributed by atoms with Gasteiger partial charge >= 0.3 is 5.97 Å². The van der Waals surface area contributed by atoms with Crippen LogP contribution in [0, 0.1) is 11.7 Å². The number of aromatic nitrogens is 1. The summed E-state index contributed by atoms with van der Waals surface area (Å²) in [6, 6.07) is 3.47. The standard InChI is InChI=1S/C20H24FN3O3/c1-11(22-2)12-5-6-23(9-12)18-8-17-14(7-16(18)21)19(25)15(20(26)27)10-24(17)13-3-4-13/h7-8,10-13,22H,3-6,9H2,1-2H3,(H,26,27)/t11-,12+/m1/s1. The molecule has 1 saturated heterocycles. The number of nitrogens with one attached hydrogen (secondary N) is 1. The Labute approximate surface area is 156 Å². The lowest BCUT2D eigenvalue weighted by atomic mass is 10.0. The molecule has 2 heterocycles. The highest BCUT2D eigenvalue weighted by Gasteiger charge is 2.30. The van der Waals surface area contributed by atoms with Crippen molar-refractivity contribution < 1.29 is 14.3 Å². The van der Waals surface area contributed by atoms with Crippen LogP contribution in [0.3, 0.4) is 0 Å². The van der Waals surface area contributed by atoms with Gasteiger partial charge in [0.05, 0.1) is 11.2 Å². The molecule has 0 unspecified atom stereocenters. The zero-order chi connectivity index (χ0) is 19.3. The lowest BCUT2D eigenvalue weighted by Gasteiger charge is -2.23. The summed E-state index contributed by atoms with van der Waals surface area (Å²) in [5, 5.41) is 12.7. The maximum absolute atomic E-state index is 14.9. The highest BCUT2D eigenvalue weighted by Crippen LogP contribution is 2.38. The van der Waals surface area contributed by atoms with E-state index in [9.17, 15) is 19.1 Å². The van der Waals surface area contributed by atoms with Gasteiger partial charge in [-0.25, -0.2) is 9.18 Å². The zero-order valence-electron chi connectivity index (χ0n) is 15.5. The number of hydrogen-bond donors (Lipinski definition) is 2. The lowest BCUT2D eigenvalue weighted by molar-refractivity contribution is 0.0695. The maximum Gasteiger partial charge on any atom is 0.341 e. The molecule has 2 N–H and O–H groups in total. The molecular weight excluding hydrogens is 349 g/mol. The van der Waals surface area contributed by atoms with E-state index in [0.29, 0.717) is 23.2 Å². The Kier molecular flexibility index (Phi) is 4.42. The van der Waals surface area contributed by atoms with Crippen molar-refractivity contribution in [2.45, 2.75) is 38.3 Å². The monoisotopic (exact) mass is 373 g/mol. The smallest absolute Gasteiger partial charge is 0.341 e. The topological polar surface area (TPSA) is 74.6 Å². The van der Waals surface area contributed by atoms with E-state index in [2.05, 4.69) is 12.2 Å². The van der Waals surface area contributed by atoms with Crippen LogP contribution in [0.2, 0.25) is 0 Å². The number of pyridine rings is 1. The van der Waals surface area contributed by atoms with Crippen molar-refractivity contribution in [3.8, 4) is 0 Å². The van der Waals surface area contributed by atoms with Gasteiger partial charge in [-0.05, 0) is 51.3 Å². The summed E-state index contributed by atoms with van der Waals surface area (Å²) in [6.45, 7) is 3.65. The fraction of sp³-hybridized carbons (Fsp3) is 0.500. The minimum absolute atomic E-state index is 0.141. The highest BCUT2D eigenvalue weighted by atomic mass is 19.1. The molecule has 0 amide bonds. The molecule has 2 aromatic rings. The van der Waals surface area contributed by atoms with Crippen LogP contribution in [0.5, 0.6) is 0 Å². The number of carboxylic acids is 1. The summed E-state index contributed by atoms with van der Waals surface area (Å²) in [5.74, 6) is -1.31. The Morgan fingerprint density at radius 3 is 2.70 bits per heavy atom. The van der Waals surface area contributed by atoms with E-state index in [1.807, 2.05) is 16.5 Å². The summed E-state index contributed by atoms with van der Waals surface area (Å²) in [6.07, 6.45) is 4.28. The van der Waals surface area contributed by atoms with Crippen molar-refractivity contribution >= 4 is 22.6 Å². The second kappa shape index (κ2) is 6.64. The number of nitrogens with zero attached hydrogens (tertiary/aromatic N) is 2. The number of carbonyl (C=O) groups is 1. The summed E-state index contributed by atoms with van der Waals surface area (Å²) in [4.78, 5) is 26.0. The van der Waals surface area contributed by atoms with Crippen LogP contribution in [-0.2, 0) is 0 Å². The number of rotatable bonds is 5. The average Bonchev–Trinajstić information content (AvgIpc) is 3.37. The molecule has 7 heteroatoms. The van der Waals surface area contributed by atoms with Gasteiger partial charge in [-0.1, -0.05) is 0 Å². The SMILES string of the molecule is CN[C@H](C)[C@H]1CCN(c2cc3c(cc2F)c(=O)c(C(=O)O)cn3C2CC2)C1. The first-order chi connectivity index (χ1) is 12.9. The molecule has 0 bridgehead atoms. The van der Waals surface area contributed by atoms with Crippen molar-refractivity contribution in [2.75, 3.05) is 25.0 Å². The van der Waals surface area contributed by atoms with Gasteiger partial charge in [-0.3, -0.25) is 4.79 Å². The molecule has 6 nitrogen and oxygen atoms in total. The van der Waals surface area contributed by atoms with Crippen LogP contribution in [0.1, 0.15) is 42.6 Å². The van der Waals surface area contributed by atoms with Gasteiger partial charge in [0, 0.05) is 36.8 Å². The molecule has 2 fully saturated rings. The van der Waals surface area contributed by atoms with Gasteiger partial charge in [0.25, 0.3) is 0 Å². The average molecular weight is 373 g/mol. The molecule has 144 valence electrons. The van der Waals surface area contributed by atoms with Crippen LogP contribution in [0.25, 0.3) is 10.9 Å². The summed E-state index contributed by atoms with van der Waals surface area (Å²) >= 11 is 0. The molecule has 0 radical (unpaired) electrons. The molecule has 27 heavy (non-hydrogen) atoms. The molecule has 1 aliphatic heterocycles. The second-order valence-electron chi connectivity index (χ2n) is 7.71. The normalized spacial score (nSPS) is 21.0. The molecule has 1 saturated carbocycles. The summed E-state index contributed by atoms with van der Waals surface area (Å²) in [5.41, 5.74) is 0.188. The minimum atomic E-state index is -1.27. The van der Waals surface area contributed by atoms with Crippen LogP contribution < -0.4 is 15.6 Å². The van der Waals surface area contributed by atoms with Gasteiger partial charge in [-0.2, -0.15) is 0 Å². The third-order valence-corrected chi connectivity index (χ3v) is 6.00. The fourth-order valence-electron chi connectivity index (χ4n) is 4.06. The van der Waals surface area contributed by atoms with Crippen molar-refractivity contribution in [1.82, 2.24) is 9.88 Å². The Bertz CT molecular complexity index is 967. The Hall–Kier alpha value is -2.41. The van der Waals surface area contributed by atoms with E-state index < -0.39 is 17.2 Å². The maximum atomic E-state index is 14.9. The Morgan fingerprint density at radius 1 is 1.33 bits per heavy atom. The molecular formula is C20H24FN3O3. The number of anilines is 1.